The highest BCUT2D eigenvalue weighted by Crippen LogP contribution is 2.06. The molecule has 0 bridgehead atoms. The first kappa shape index (κ1) is 18.5. The summed E-state index contributed by atoms with van der Waals surface area (Å²) < 4.78 is 4.79. The number of ether oxygens (including phenoxy) is 1. The van der Waals surface area contributed by atoms with E-state index in [0.29, 0.717) is 13.0 Å². The average Bonchev–Trinajstić information content (AvgIpc) is 2.90. The lowest BCUT2D eigenvalue weighted by Crippen LogP contribution is -2.36. The lowest BCUT2D eigenvalue weighted by molar-refractivity contribution is -0.140. The quantitative estimate of drug-likeness (QED) is 0.274. The Hall–Kier alpha value is -1.58. The molecule has 1 atom stereocenters. The SMILES string of the molecule is CCCCC/C=C\CCCC/C=C\C(=O)N[C@H]1CCOC1=O. The van der Waals surface area contributed by atoms with E-state index < -0.39 is 6.04 Å². The van der Waals surface area contributed by atoms with Gasteiger partial charge in [0.15, 0.2) is 0 Å². The molecule has 1 saturated heterocycles. The van der Waals surface area contributed by atoms with E-state index in [2.05, 4.69) is 24.4 Å². The Morgan fingerprint density at radius 3 is 2.36 bits per heavy atom. The number of hydrogen-bond donors (Lipinski definition) is 1. The van der Waals surface area contributed by atoms with Crippen LogP contribution >= 0.6 is 0 Å². The number of esters is 1. The van der Waals surface area contributed by atoms with Gasteiger partial charge in [-0.1, -0.05) is 38.0 Å². The minimum Gasteiger partial charge on any atom is -0.464 e. The molecule has 4 heteroatoms. The molecular formula is C18H29NO3. The lowest BCUT2D eigenvalue weighted by Gasteiger charge is -2.05. The number of nitrogens with one attached hydrogen (secondary N) is 1. The fourth-order valence-corrected chi connectivity index (χ4v) is 2.31. The van der Waals surface area contributed by atoms with Crippen molar-refractivity contribution in [3.8, 4) is 0 Å². The Kier molecular flexibility index (Phi) is 10.1. The molecule has 0 saturated carbocycles. The summed E-state index contributed by atoms with van der Waals surface area (Å²) in [6, 6.07) is -0.463. The number of carbonyl (C=O) groups is 2. The van der Waals surface area contributed by atoms with E-state index in [-0.39, 0.29) is 11.9 Å². The minimum absolute atomic E-state index is 0.209. The second-order valence-electron chi connectivity index (χ2n) is 5.67. The summed E-state index contributed by atoms with van der Waals surface area (Å²) in [6.45, 7) is 2.62. The van der Waals surface area contributed by atoms with Crippen LogP contribution in [0.2, 0.25) is 0 Å². The second-order valence-corrected chi connectivity index (χ2v) is 5.67. The van der Waals surface area contributed by atoms with Crippen LogP contribution in [0.25, 0.3) is 0 Å². The van der Waals surface area contributed by atoms with Crippen molar-refractivity contribution in [3.05, 3.63) is 24.3 Å². The third-order valence-corrected chi connectivity index (χ3v) is 3.65. The number of cyclic esters (lactones) is 1. The molecule has 0 aromatic heterocycles. The largest absolute Gasteiger partial charge is 0.464 e. The molecule has 1 aliphatic rings. The summed E-state index contributed by atoms with van der Waals surface area (Å²) in [5.74, 6) is -0.535. The summed E-state index contributed by atoms with van der Waals surface area (Å²) in [5.41, 5.74) is 0. The number of carbonyl (C=O) groups excluding carboxylic acids is 2. The Morgan fingerprint density at radius 1 is 1.14 bits per heavy atom. The molecule has 4 nitrogen and oxygen atoms in total. The van der Waals surface area contributed by atoms with E-state index in [1.165, 1.54) is 31.8 Å². The van der Waals surface area contributed by atoms with Gasteiger partial charge in [0.2, 0.25) is 5.91 Å². The molecule has 0 unspecified atom stereocenters. The molecule has 0 radical (unpaired) electrons. The third-order valence-electron chi connectivity index (χ3n) is 3.65. The van der Waals surface area contributed by atoms with Crippen molar-refractivity contribution >= 4 is 11.9 Å². The van der Waals surface area contributed by atoms with Crippen LogP contribution in [0.1, 0.15) is 64.7 Å². The summed E-state index contributed by atoms with van der Waals surface area (Å²) >= 11 is 0. The van der Waals surface area contributed by atoms with Gasteiger partial charge in [0.1, 0.15) is 6.04 Å². The second kappa shape index (κ2) is 12.0. The van der Waals surface area contributed by atoms with Gasteiger partial charge in [0, 0.05) is 6.42 Å². The first-order chi connectivity index (χ1) is 10.7. The van der Waals surface area contributed by atoms with Crippen molar-refractivity contribution in [2.45, 2.75) is 70.8 Å². The Balaban J connectivity index is 1.97. The molecule has 22 heavy (non-hydrogen) atoms. The topological polar surface area (TPSA) is 55.4 Å². The smallest absolute Gasteiger partial charge is 0.328 e. The Bertz CT molecular complexity index is 388. The van der Waals surface area contributed by atoms with Gasteiger partial charge in [0.05, 0.1) is 6.61 Å². The zero-order valence-electron chi connectivity index (χ0n) is 13.7. The maximum atomic E-state index is 11.6. The van der Waals surface area contributed by atoms with Gasteiger partial charge in [0.25, 0.3) is 0 Å². The molecule has 124 valence electrons. The van der Waals surface area contributed by atoms with E-state index in [1.807, 2.05) is 6.08 Å². The molecule has 0 aliphatic carbocycles. The first-order valence-electron chi connectivity index (χ1n) is 8.52. The predicted molar refractivity (Wildman–Crippen MR) is 88.4 cm³/mol. The van der Waals surface area contributed by atoms with Crippen molar-refractivity contribution in [1.29, 1.82) is 0 Å². The highest BCUT2D eigenvalue weighted by molar-refractivity contribution is 5.91. The zero-order valence-corrected chi connectivity index (χ0v) is 13.7. The van der Waals surface area contributed by atoms with Crippen LogP contribution in [-0.2, 0) is 14.3 Å². The summed E-state index contributed by atoms with van der Waals surface area (Å²) in [4.78, 5) is 22.8. The molecule has 1 rings (SSSR count). The molecule has 1 aliphatic heterocycles. The highest BCUT2D eigenvalue weighted by atomic mass is 16.5. The monoisotopic (exact) mass is 307 g/mol. The normalized spacial score (nSPS) is 18.2. The van der Waals surface area contributed by atoms with Crippen molar-refractivity contribution in [3.63, 3.8) is 0 Å². The van der Waals surface area contributed by atoms with Crippen molar-refractivity contribution < 1.29 is 14.3 Å². The minimum atomic E-state index is -0.463. The summed E-state index contributed by atoms with van der Waals surface area (Å²) in [5, 5.41) is 2.65. The van der Waals surface area contributed by atoms with Crippen LogP contribution in [0, 0.1) is 0 Å². The van der Waals surface area contributed by atoms with Gasteiger partial charge in [-0.15, -0.1) is 0 Å². The van der Waals surface area contributed by atoms with Gasteiger partial charge in [-0.05, 0) is 44.6 Å². The van der Waals surface area contributed by atoms with E-state index >= 15 is 0 Å². The van der Waals surface area contributed by atoms with Gasteiger partial charge in [-0.3, -0.25) is 4.79 Å². The summed E-state index contributed by atoms with van der Waals surface area (Å²) in [7, 11) is 0. The van der Waals surface area contributed by atoms with Crippen LogP contribution in [0.5, 0.6) is 0 Å². The van der Waals surface area contributed by atoms with Gasteiger partial charge >= 0.3 is 5.97 Å². The average molecular weight is 307 g/mol. The molecule has 1 fully saturated rings. The standard InChI is InChI=1S/C18H29NO3/c1-2-3-4-5-6-7-8-9-10-11-12-13-17(20)19-16-14-15-22-18(16)21/h6-7,12-13,16H,2-5,8-11,14-15H2,1H3,(H,19,20)/b7-6-,13-12-/t16-/m0/s1. The van der Waals surface area contributed by atoms with Crippen LogP contribution in [0.15, 0.2) is 24.3 Å². The highest BCUT2D eigenvalue weighted by Gasteiger charge is 2.26. The number of amides is 1. The molecule has 0 aromatic carbocycles. The fourth-order valence-electron chi connectivity index (χ4n) is 2.31. The molecule has 1 N–H and O–H groups in total. The first-order valence-corrected chi connectivity index (χ1v) is 8.52. The van der Waals surface area contributed by atoms with E-state index in [0.717, 1.165) is 25.7 Å². The third kappa shape index (κ3) is 8.65. The van der Waals surface area contributed by atoms with E-state index in [1.54, 1.807) is 0 Å². The number of unbranched alkanes of at least 4 members (excludes halogenated alkanes) is 6. The molecule has 1 heterocycles. The van der Waals surface area contributed by atoms with Crippen molar-refractivity contribution in [2.24, 2.45) is 0 Å². The maximum Gasteiger partial charge on any atom is 0.328 e. The molecule has 1 amide bonds. The fraction of sp³-hybridized carbons (Fsp3) is 0.667. The van der Waals surface area contributed by atoms with Crippen LogP contribution in [0.4, 0.5) is 0 Å². The molecular weight excluding hydrogens is 278 g/mol. The van der Waals surface area contributed by atoms with E-state index in [4.69, 9.17) is 4.74 Å². The van der Waals surface area contributed by atoms with E-state index in [9.17, 15) is 9.59 Å². The molecule has 0 aromatic rings. The van der Waals surface area contributed by atoms with Crippen molar-refractivity contribution in [2.75, 3.05) is 6.61 Å². The van der Waals surface area contributed by atoms with Gasteiger partial charge < -0.3 is 10.1 Å². The Morgan fingerprint density at radius 2 is 1.77 bits per heavy atom. The number of rotatable bonds is 11. The maximum absolute atomic E-state index is 11.6. The van der Waals surface area contributed by atoms with Gasteiger partial charge in [-0.25, -0.2) is 4.79 Å². The predicted octanol–water partition coefficient (Wildman–Crippen LogP) is 3.67. The lowest BCUT2D eigenvalue weighted by atomic mass is 10.1. The number of allylic oxidation sites excluding steroid dienone is 3. The molecule has 0 spiro atoms. The Labute approximate surface area is 134 Å². The van der Waals surface area contributed by atoms with Crippen LogP contribution in [0.3, 0.4) is 0 Å². The number of hydrogen-bond acceptors (Lipinski definition) is 3. The van der Waals surface area contributed by atoms with Gasteiger partial charge in [-0.2, -0.15) is 0 Å². The van der Waals surface area contributed by atoms with Crippen LogP contribution < -0.4 is 5.32 Å². The summed E-state index contributed by atoms with van der Waals surface area (Å²) in [6.07, 6.45) is 17.8. The van der Waals surface area contributed by atoms with Crippen molar-refractivity contribution in [1.82, 2.24) is 5.32 Å². The zero-order chi connectivity index (χ0) is 16.0. The van der Waals surface area contributed by atoms with Crippen LogP contribution in [-0.4, -0.2) is 24.5 Å².